The smallest absolute Gasteiger partial charge is 0.191 e. The van der Waals surface area contributed by atoms with Gasteiger partial charge in [0.15, 0.2) is 11.8 Å². The molecule has 0 bridgehead atoms. The van der Waals surface area contributed by atoms with Crippen LogP contribution in [-0.4, -0.2) is 40.4 Å². The number of nitrogens with one attached hydrogen (secondary N) is 2. The van der Waals surface area contributed by atoms with Gasteiger partial charge in [0.25, 0.3) is 0 Å². The van der Waals surface area contributed by atoms with Crippen LogP contribution < -0.4 is 10.6 Å². The first-order valence-electron chi connectivity index (χ1n) is 11.4. The number of guanidine groups is 1. The molecule has 7 nitrogen and oxygen atoms in total. The molecular weight excluding hydrogens is 400 g/mol. The van der Waals surface area contributed by atoms with Crippen molar-refractivity contribution >= 4 is 5.96 Å². The Hall–Kier alpha value is -3.19. The molecule has 32 heavy (non-hydrogen) atoms. The van der Waals surface area contributed by atoms with Crippen molar-refractivity contribution in [2.45, 2.75) is 39.3 Å². The quantitative estimate of drug-likeness (QED) is 0.439. The third-order valence-electron chi connectivity index (χ3n) is 5.76. The summed E-state index contributed by atoms with van der Waals surface area (Å²) < 4.78 is 8.14. The molecule has 0 aliphatic carbocycles. The molecule has 0 spiro atoms. The van der Waals surface area contributed by atoms with Crippen molar-refractivity contribution in [3.8, 4) is 5.69 Å². The van der Waals surface area contributed by atoms with Crippen molar-refractivity contribution in [1.29, 1.82) is 0 Å². The fourth-order valence-electron chi connectivity index (χ4n) is 4.07. The molecule has 1 aliphatic rings. The van der Waals surface area contributed by atoms with E-state index in [0.29, 0.717) is 12.5 Å². The van der Waals surface area contributed by atoms with E-state index >= 15 is 0 Å². The van der Waals surface area contributed by atoms with Crippen molar-refractivity contribution < 1.29 is 4.74 Å². The maximum Gasteiger partial charge on any atom is 0.191 e. The SMILES string of the molecule is CCNC(=NCc1nncn1-c1ccccc1)NCC1CCCOC1c1ccc(C)cc1. The van der Waals surface area contributed by atoms with Crippen molar-refractivity contribution in [3.63, 3.8) is 0 Å². The van der Waals surface area contributed by atoms with E-state index in [2.05, 4.69) is 58.9 Å². The number of aliphatic imine (C=N–C) groups is 1. The van der Waals surface area contributed by atoms with Crippen LogP contribution in [0.2, 0.25) is 0 Å². The second kappa shape index (κ2) is 10.9. The van der Waals surface area contributed by atoms with E-state index in [1.165, 1.54) is 11.1 Å². The molecule has 2 unspecified atom stereocenters. The Morgan fingerprint density at radius 3 is 2.72 bits per heavy atom. The Labute approximate surface area is 189 Å². The summed E-state index contributed by atoms with van der Waals surface area (Å²) in [6.45, 7) is 7.03. The molecule has 0 radical (unpaired) electrons. The van der Waals surface area contributed by atoms with E-state index in [4.69, 9.17) is 9.73 Å². The molecule has 168 valence electrons. The number of nitrogens with zero attached hydrogens (tertiary/aromatic N) is 4. The second-order valence-corrected chi connectivity index (χ2v) is 8.13. The highest BCUT2D eigenvalue weighted by molar-refractivity contribution is 5.79. The number of ether oxygens (including phenoxy) is 1. The van der Waals surface area contributed by atoms with Gasteiger partial charge in [-0.25, -0.2) is 4.99 Å². The van der Waals surface area contributed by atoms with Gasteiger partial charge in [-0.05, 0) is 44.4 Å². The molecule has 2 N–H and O–H groups in total. The van der Waals surface area contributed by atoms with Gasteiger partial charge in [-0.2, -0.15) is 0 Å². The van der Waals surface area contributed by atoms with Crippen LogP contribution in [0, 0.1) is 12.8 Å². The largest absolute Gasteiger partial charge is 0.373 e. The molecule has 0 amide bonds. The summed E-state index contributed by atoms with van der Waals surface area (Å²) in [6, 6.07) is 18.8. The Balaban J connectivity index is 1.42. The predicted octanol–water partition coefficient (Wildman–Crippen LogP) is 3.80. The molecule has 2 heterocycles. The highest BCUT2D eigenvalue weighted by Gasteiger charge is 2.27. The zero-order valence-electron chi connectivity index (χ0n) is 18.9. The highest BCUT2D eigenvalue weighted by atomic mass is 16.5. The molecule has 1 saturated heterocycles. The van der Waals surface area contributed by atoms with Gasteiger partial charge >= 0.3 is 0 Å². The van der Waals surface area contributed by atoms with E-state index in [1.807, 2.05) is 34.9 Å². The molecular formula is C25H32N6O. The zero-order chi connectivity index (χ0) is 22.2. The molecule has 4 rings (SSSR count). The number of para-hydroxylation sites is 1. The minimum atomic E-state index is 0.112. The average Bonchev–Trinajstić information content (AvgIpc) is 3.31. The van der Waals surface area contributed by atoms with Crippen LogP contribution >= 0.6 is 0 Å². The molecule has 1 fully saturated rings. The molecule has 2 aromatic carbocycles. The fourth-order valence-corrected chi connectivity index (χ4v) is 4.07. The summed E-state index contributed by atoms with van der Waals surface area (Å²) in [7, 11) is 0. The Morgan fingerprint density at radius 1 is 1.12 bits per heavy atom. The first kappa shape index (κ1) is 22.0. The molecule has 0 saturated carbocycles. The topological polar surface area (TPSA) is 76.4 Å². The Kier molecular flexibility index (Phi) is 7.51. The van der Waals surface area contributed by atoms with Crippen LogP contribution in [-0.2, 0) is 11.3 Å². The van der Waals surface area contributed by atoms with Crippen molar-refractivity contribution in [2.75, 3.05) is 19.7 Å². The van der Waals surface area contributed by atoms with Gasteiger partial charge in [0.1, 0.15) is 12.9 Å². The van der Waals surface area contributed by atoms with Gasteiger partial charge in [0, 0.05) is 31.3 Å². The number of benzene rings is 2. The molecule has 2 atom stereocenters. The van der Waals surface area contributed by atoms with Crippen LogP contribution in [0.25, 0.3) is 5.69 Å². The van der Waals surface area contributed by atoms with Crippen molar-refractivity contribution in [2.24, 2.45) is 10.9 Å². The van der Waals surface area contributed by atoms with Crippen LogP contribution in [0.3, 0.4) is 0 Å². The lowest BCUT2D eigenvalue weighted by atomic mass is 9.89. The van der Waals surface area contributed by atoms with E-state index < -0.39 is 0 Å². The monoisotopic (exact) mass is 432 g/mol. The Morgan fingerprint density at radius 2 is 1.94 bits per heavy atom. The average molecular weight is 433 g/mol. The molecule has 3 aromatic rings. The number of aryl methyl sites for hydroxylation is 1. The van der Waals surface area contributed by atoms with Gasteiger partial charge in [0.2, 0.25) is 0 Å². The predicted molar refractivity (Wildman–Crippen MR) is 127 cm³/mol. The second-order valence-electron chi connectivity index (χ2n) is 8.13. The normalized spacial score (nSPS) is 19.0. The Bertz CT molecular complexity index is 999. The lowest BCUT2D eigenvalue weighted by Crippen LogP contribution is -2.42. The van der Waals surface area contributed by atoms with Gasteiger partial charge in [-0.15, -0.1) is 10.2 Å². The van der Waals surface area contributed by atoms with Crippen LogP contribution in [0.5, 0.6) is 0 Å². The highest BCUT2D eigenvalue weighted by Crippen LogP contribution is 2.33. The van der Waals surface area contributed by atoms with Crippen LogP contribution in [0.4, 0.5) is 0 Å². The van der Waals surface area contributed by atoms with Gasteiger partial charge < -0.3 is 15.4 Å². The van der Waals surface area contributed by atoms with Crippen LogP contribution in [0.1, 0.15) is 42.8 Å². The summed E-state index contributed by atoms with van der Waals surface area (Å²) in [5.74, 6) is 1.97. The number of hydrogen-bond acceptors (Lipinski definition) is 4. The third-order valence-corrected chi connectivity index (χ3v) is 5.76. The lowest BCUT2D eigenvalue weighted by Gasteiger charge is -2.32. The molecule has 7 heteroatoms. The van der Waals surface area contributed by atoms with Crippen molar-refractivity contribution in [3.05, 3.63) is 77.9 Å². The standard InChI is InChI=1S/C25H32N6O/c1-3-26-25(28-17-23-30-29-18-31(23)22-9-5-4-6-10-22)27-16-21-8-7-15-32-24(21)20-13-11-19(2)12-14-20/h4-6,9-14,18,21,24H,3,7-8,15-17H2,1-2H3,(H2,26,27,28). The minimum Gasteiger partial charge on any atom is -0.373 e. The molecule has 1 aliphatic heterocycles. The molecule has 1 aromatic heterocycles. The number of aromatic nitrogens is 3. The summed E-state index contributed by atoms with van der Waals surface area (Å²) >= 11 is 0. The number of hydrogen-bond donors (Lipinski definition) is 2. The van der Waals surface area contributed by atoms with Gasteiger partial charge in [-0.3, -0.25) is 4.57 Å². The number of rotatable bonds is 7. The zero-order valence-corrected chi connectivity index (χ0v) is 18.9. The van der Waals surface area contributed by atoms with Crippen LogP contribution in [0.15, 0.2) is 65.9 Å². The summed E-state index contributed by atoms with van der Waals surface area (Å²) in [5, 5.41) is 15.2. The third kappa shape index (κ3) is 5.53. The fraction of sp³-hybridized carbons (Fsp3) is 0.400. The maximum absolute atomic E-state index is 6.17. The lowest BCUT2D eigenvalue weighted by molar-refractivity contribution is -0.0265. The van der Waals surface area contributed by atoms with Gasteiger partial charge in [-0.1, -0.05) is 48.0 Å². The minimum absolute atomic E-state index is 0.112. The first-order chi connectivity index (χ1) is 15.7. The summed E-state index contributed by atoms with van der Waals surface area (Å²) in [6.07, 6.45) is 4.06. The van der Waals surface area contributed by atoms with E-state index in [-0.39, 0.29) is 6.10 Å². The van der Waals surface area contributed by atoms with E-state index in [0.717, 1.165) is 50.0 Å². The van der Waals surface area contributed by atoms with Gasteiger partial charge in [0.05, 0.1) is 6.10 Å². The first-order valence-corrected chi connectivity index (χ1v) is 11.4. The van der Waals surface area contributed by atoms with E-state index in [9.17, 15) is 0 Å². The summed E-state index contributed by atoms with van der Waals surface area (Å²) in [4.78, 5) is 4.77. The summed E-state index contributed by atoms with van der Waals surface area (Å²) in [5.41, 5.74) is 3.55. The van der Waals surface area contributed by atoms with E-state index in [1.54, 1.807) is 6.33 Å². The van der Waals surface area contributed by atoms with Crippen molar-refractivity contribution in [1.82, 2.24) is 25.4 Å². The maximum atomic E-state index is 6.17.